The van der Waals surface area contributed by atoms with Crippen molar-refractivity contribution >= 4 is 23.3 Å². The molecule has 0 spiro atoms. The molecule has 0 saturated carbocycles. The quantitative estimate of drug-likeness (QED) is 0.866. The van der Waals surface area contributed by atoms with Gasteiger partial charge >= 0.3 is 6.03 Å². The number of para-hydroxylation sites is 1. The Bertz CT molecular complexity index is 599. The normalized spacial score (nSPS) is 10.5. The molecular formula is C17H19ClN2O. The summed E-state index contributed by atoms with van der Waals surface area (Å²) in [6.07, 6.45) is 0. The highest BCUT2D eigenvalue weighted by Crippen LogP contribution is 2.21. The predicted octanol–water partition coefficient (Wildman–Crippen LogP) is 4.78. The van der Waals surface area contributed by atoms with Crippen LogP contribution in [0.25, 0.3) is 0 Å². The molecule has 3 nitrogen and oxygen atoms in total. The second kappa shape index (κ2) is 7.14. The number of carbonyl (C=O) groups excluding carboxylic acids is 1. The number of carbonyl (C=O) groups is 1. The first-order valence-electron chi connectivity index (χ1n) is 6.94. The molecule has 0 unspecified atom stereocenters. The Morgan fingerprint density at radius 1 is 1.10 bits per heavy atom. The van der Waals surface area contributed by atoms with Crippen LogP contribution in [0, 0.1) is 0 Å². The highest BCUT2D eigenvalue weighted by atomic mass is 35.5. The van der Waals surface area contributed by atoms with Crippen LogP contribution in [0.3, 0.4) is 0 Å². The van der Waals surface area contributed by atoms with Gasteiger partial charge in [0, 0.05) is 12.6 Å². The highest BCUT2D eigenvalue weighted by molar-refractivity contribution is 6.33. The number of nitrogens with one attached hydrogen (secondary N) is 1. The van der Waals surface area contributed by atoms with Crippen molar-refractivity contribution in [3.8, 4) is 0 Å². The number of hydrogen-bond donors (Lipinski definition) is 1. The lowest BCUT2D eigenvalue weighted by atomic mass is 10.2. The molecular weight excluding hydrogens is 284 g/mol. The molecule has 0 fully saturated rings. The third-order valence-corrected chi connectivity index (χ3v) is 3.52. The number of urea groups is 1. The Hall–Kier alpha value is -2.00. The van der Waals surface area contributed by atoms with Crippen molar-refractivity contribution < 1.29 is 4.79 Å². The van der Waals surface area contributed by atoms with Crippen molar-refractivity contribution in [3.63, 3.8) is 0 Å². The number of amides is 2. The summed E-state index contributed by atoms with van der Waals surface area (Å²) >= 11 is 6.08. The third kappa shape index (κ3) is 4.23. The molecule has 0 atom stereocenters. The van der Waals surface area contributed by atoms with Crippen molar-refractivity contribution in [2.75, 3.05) is 5.32 Å². The fourth-order valence-electron chi connectivity index (χ4n) is 2.02. The summed E-state index contributed by atoms with van der Waals surface area (Å²) in [6.45, 7) is 4.55. The second-order valence-electron chi connectivity index (χ2n) is 5.12. The lowest BCUT2D eigenvalue weighted by Crippen LogP contribution is -2.39. The number of anilines is 1. The van der Waals surface area contributed by atoms with Crippen molar-refractivity contribution in [2.24, 2.45) is 0 Å². The number of benzene rings is 2. The zero-order valence-corrected chi connectivity index (χ0v) is 13.0. The molecule has 1 N–H and O–H groups in total. The van der Waals surface area contributed by atoms with Crippen molar-refractivity contribution in [3.05, 3.63) is 65.2 Å². The SMILES string of the molecule is CC(C)N(Cc1ccccc1)C(=O)Nc1ccccc1Cl. The maximum atomic E-state index is 12.5. The van der Waals surface area contributed by atoms with Gasteiger partial charge in [-0.25, -0.2) is 4.79 Å². The summed E-state index contributed by atoms with van der Waals surface area (Å²) in [5, 5.41) is 3.40. The molecule has 2 aromatic rings. The zero-order chi connectivity index (χ0) is 15.2. The largest absolute Gasteiger partial charge is 0.322 e. The molecule has 0 saturated heterocycles. The van der Waals surface area contributed by atoms with Gasteiger partial charge in [-0.05, 0) is 31.5 Å². The molecule has 0 bridgehead atoms. The fourth-order valence-corrected chi connectivity index (χ4v) is 2.20. The third-order valence-electron chi connectivity index (χ3n) is 3.20. The minimum absolute atomic E-state index is 0.0905. The van der Waals surface area contributed by atoms with Crippen LogP contribution in [0.5, 0.6) is 0 Å². The minimum atomic E-state index is -0.151. The highest BCUT2D eigenvalue weighted by Gasteiger charge is 2.18. The monoisotopic (exact) mass is 302 g/mol. The van der Waals surface area contributed by atoms with E-state index in [2.05, 4.69) is 5.32 Å². The van der Waals surface area contributed by atoms with Gasteiger partial charge in [-0.2, -0.15) is 0 Å². The first kappa shape index (κ1) is 15.4. The molecule has 2 amide bonds. The van der Waals surface area contributed by atoms with Crippen LogP contribution in [0.15, 0.2) is 54.6 Å². The van der Waals surface area contributed by atoms with E-state index in [0.29, 0.717) is 17.3 Å². The van der Waals surface area contributed by atoms with Gasteiger partial charge in [-0.15, -0.1) is 0 Å². The summed E-state index contributed by atoms with van der Waals surface area (Å²) < 4.78 is 0. The smallest absolute Gasteiger partial charge is 0.318 e. The summed E-state index contributed by atoms with van der Waals surface area (Å²) in [6, 6.07) is 17.1. The first-order chi connectivity index (χ1) is 10.1. The summed E-state index contributed by atoms with van der Waals surface area (Å²) in [5.41, 5.74) is 1.73. The molecule has 21 heavy (non-hydrogen) atoms. The van der Waals surface area contributed by atoms with E-state index in [-0.39, 0.29) is 12.1 Å². The van der Waals surface area contributed by atoms with Gasteiger partial charge in [0.25, 0.3) is 0 Å². The van der Waals surface area contributed by atoms with Gasteiger partial charge in [0.05, 0.1) is 10.7 Å². The van der Waals surface area contributed by atoms with E-state index in [0.717, 1.165) is 5.56 Å². The minimum Gasteiger partial charge on any atom is -0.318 e. The Morgan fingerprint density at radius 3 is 2.33 bits per heavy atom. The van der Waals surface area contributed by atoms with Crippen LogP contribution in [0.4, 0.5) is 10.5 Å². The molecule has 0 radical (unpaired) electrons. The van der Waals surface area contributed by atoms with E-state index >= 15 is 0 Å². The van der Waals surface area contributed by atoms with Crippen LogP contribution in [-0.2, 0) is 6.54 Å². The van der Waals surface area contributed by atoms with Gasteiger partial charge in [0.15, 0.2) is 0 Å². The van der Waals surface area contributed by atoms with Gasteiger partial charge < -0.3 is 10.2 Å². The van der Waals surface area contributed by atoms with Crippen LogP contribution in [0.1, 0.15) is 19.4 Å². The van der Waals surface area contributed by atoms with E-state index in [1.54, 1.807) is 17.0 Å². The summed E-state index contributed by atoms with van der Waals surface area (Å²) in [7, 11) is 0. The van der Waals surface area contributed by atoms with E-state index in [4.69, 9.17) is 11.6 Å². The van der Waals surface area contributed by atoms with Gasteiger partial charge in [0.2, 0.25) is 0 Å². The van der Waals surface area contributed by atoms with E-state index in [9.17, 15) is 4.79 Å². The molecule has 110 valence electrons. The van der Waals surface area contributed by atoms with Gasteiger partial charge in [-0.3, -0.25) is 0 Å². The first-order valence-corrected chi connectivity index (χ1v) is 7.32. The van der Waals surface area contributed by atoms with Crippen LogP contribution in [0.2, 0.25) is 5.02 Å². The lowest BCUT2D eigenvalue weighted by molar-refractivity contribution is 0.193. The van der Waals surface area contributed by atoms with E-state index in [1.165, 1.54) is 0 Å². The van der Waals surface area contributed by atoms with Crippen LogP contribution >= 0.6 is 11.6 Å². The molecule has 2 rings (SSSR count). The van der Waals surface area contributed by atoms with Crippen molar-refractivity contribution in [2.45, 2.75) is 26.4 Å². The maximum absolute atomic E-state index is 12.5. The van der Waals surface area contributed by atoms with Crippen LogP contribution < -0.4 is 5.32 Å². The maximum Gasteiger partial charge on any atom is 0.322 e. The molecule has 4 heteroatoms. The Kier molecular flexibility index (Phi) is 5.23. The predicted molar refractivity (Wildman–Crippen MR) is 87.6 cm³/mol. The Morgan fingerprint density at radius 2 is 1.71 bits per heavy atom. The van der Waals surface area contributed by atoms with E-state index in [1.807, 2.05) is 56.3 Å². The molecule has 2 aromatic carbocycles. The molecule has 0 aromatic heterocycles. The zero-order valence-electron chi connectivity index (χ0n) is 12.2. The van der Waals surface area contributed by atoms with Gasteiger partial charge in [0.1, 0.15) is 0 Å². The molecule has 0 heterocycles. The van der Waals surface area contributed by atoms with Gasteiger partial charge in [-0.1, -0.05) is 54.1 Å². The average molecular weight is 303 g/mol. The Labute approximate surface area is 130 Å². The lowest BCUT2D eigenvalue weighted by Gasteiger charge is -2.27. The van der Waals surface area contributed by atoms with Crippen molar-refractivity contribution in [1.82, 2.24) is 4.90 Å². The standard InChI is InChI=1S/C17H19ClN2O/c1-13(2)20(12-14-8-4-3-5-9-14)17(21)19-16-11-7-6-10-15(16)18/h3-11,13H,12H2,1-2H3,(H,19,21). The topological polar surface area (TPSA) is 32.3 Å². The van der Waals surface area contributed by atoms with Crippen molar-refractivity contribution in [1.29, 1.82) is 0 Å². The van der Waals surface area contributed by atoms with E-state index < -0.39 is 0 Å². The summed E-state index contributed by atoms with van der Waals surface area (Å²) in [4.78, 5) is 14.2. The fraction of sp³-hybridized carbons (Fsp3) is 0.235. The number of halogens is 1. The number of nitrogens with zero attached hydrogens (tertiary/aromatic N) is 1. The summed E-state index contributed by atoms with van der Waals surface area (Å²) in [5.74, 6) is 0. The average Bonchev–Trinajstić information content (AvgIpc) is 2.48. The molecule has 0 aliphatic rings. The number of rotatable bonds is 4. The molecule has 0 aliphatic carbocycles. The van der Waals surface area contributed by atoms with Crippen LogP contribution in [-0.4, -0.2) is 17.0 Å². The second-order valence-corrected chi connectivity index (χ2v) is 5.52. The molecule has 0 aliphatic heterocycles. The number of hydrogen-bond acceptors (Lipinski definition) is 1. The Balaban J connectivity index is 2.11.